The van der Waals surface area contributed by atoms with Gasteiger partial charge >= 0.3 is 0 Å². The van der Waals surface area contributed by atoms with Crippen molar-refractivity contribution in [2.45, 2.75) is 19.8 Å². The Balaban J connectivity index is 1.77. The first-order valence-corrected chi connectivity index (χ1v) is 8.03. The van der Waals surface area contributed by atoms with E-state index in [-0.39, 0.29) is 5.28 Å². The molecule has 0 aliphatic heterocycles. The Labute approximate surface area is 132 Å². The molecule has 0 spiro atoms. The SMILES string of the molecule is CCc1cc2c(NCCc3ccn(C)n3)nc(Cl)nc2s1. The molecule has 21 heavy (non-hydrogen) atoms. The number of fused-ring (bicyclic) bond motifs is 1. The molecule has 3 aromatic rings. The van der Waals surface area contributed by atoms with E-state index in [2.05, 4.69) is 33.4 Å². The molecule has 3 aromatic heterocycles. The lowest BCUT2D eigenvalue weighted by molar-refractivity contribution is 0.742. The zero-order chi connectivity index (χ0) is 14.8. The highest BCUT2D eigenvalue weighted by Gasteiger charge is 2.10. The van der Waals surface area contributed by atoms with Crippen LogP contribution in [0.4, 0.5) is 5.82 Å². The molecule has 3 heterocycles. The molecule has 7 heteroatoms. The fraction of sp³-hybridized carbons (Fsp3) is 0.357. The molecule has 0 unspecified atom stereocenters. The minimum atomic E-state index is 0.285. The third-order valence-corrected chi connectivity index (χ3v) is 4.55. The summed E-state index contributed by atoms with van der Waals surface area (Å²) < 4.78 is 1.81. The molecule has 1 N–H and O–H groups in total. The first kappa shape index (κ1) is 14.3. The molecular formula is C14H16ClN5S. The van der Waals surface area contributed by atoms with Crippen LogP contribution in [0, 0.1) is 0 Å². The maximum Gasteiger partial charge on any atom is 0.225 e. The van der Waals surface area contributed by atoms with E-state index >= 15 is 0 Å². The van der Waals surface area contributed by atoms with Crippen molar-refractivity contribution in [3.05, 3.63) is 34.2 Å². The van der Waals surface area contributed by atoms with Gasteiger partial charge in [-0.05, 0) is 30.2 Å². The summed E-state index contributed by atoms with van der Waals surface area (Å²) in [4.78, 5) is 10.8. The molecule has 0 aliphatic carbocycles. The maximum atomic E-state index is 6.00. The average molecular weight is 322 g/mol. The number of hydrogen-bond donors (Lipinski definition) is 1. The molecule has 0 aliphatic rings. The largest absolute Gasteiger partial charge is 0.369 e. The summed E-state index contributed by atoms with van der Waals surface area (Å²) in [7, 11) is 1.92. The van der Waals surface area contributed by atoms with Crippen LogP contribution in [0.2, 0.25) is 5.28 Å². The van der Waals surface area contributed by atoms with Gasteiger partial charge in [-0.2, -0.15) is 5.10 Å². The van der Waals surface area contributed by atoms with E-state index in [1.807, 2.05) is 24.0 Å². The minimum Gasteiger partial charge on any atom is -0.369 e. The van der Waals surface area contributed by atoms with Crippen LogP contribution in [0.5, 0.6) is 0 Å². The molecule has 0 radical (unpaired) electrons. The molecule has 0 amide bonds. The van der Waals surface area contributed by atoms with Crippen LogP contribution in [0.15, 0.2) is 18.3 Å². The second kappa shape index (κ2) is 5.99. The van der Waals surface area contributed by atoms with Gasteiger partial charge in [0.05, 0.1) is 11.1 Å². The number of aromatic nitrogens is 4. The third-order valence-electron chi connectivity index (χ3n) is 3.21. The van der Waals surface area contributed by atoms with E-state index in [1.165, 1.54) is 4.88 Å². The van der Waals surface area contributed by atoms with E-state index in [0.717, 1.165) is 41.1 Å². The van der Waals surface area contributed by atoms with E-state index in [0.29, 0.717) is 0 Å². The number of halogens is 1. The van der Waals surface area contributed by atoms with Crippen LogP contribution < -0.4 is 5.32 Å². The predicted molar refractivity (Wildman–Crippen MR) is 87.2 cm³/mol. The summed E-state index contributed by atoms with van der Waals surface area (Å²) in [5.74, 6) is 0.803. The Bertz CT molecular complexity index is 764. The summed E-state index contributed by atoms with van der Waals surface area (Å²) >= 11 is 7.67. The monoisotopic (exact) mass is 321 g/mol. The third kappa shape index (κ3) is 3.16. The molecule has 3 rings (SSSR count). The molecule has 0 fully saturated rings. The predicted octanol–water partition coefficient (Wildman–Crippen LogP) is 3.30. The van der Waals surface area contributed by atoms with Gasteiger partial charge in [0, 0.05) is 31.1 Å². The quantitative estimate of drug-likeness (QED) is 0.733. The molecule has 0 atom stereocenters. The summed E-state index contributed by atoms with van der Waals surface area (Å²) in [6, 6.07) is 4.16. The minimum absolute atomic E-state index is 0.285. The number of rotatable bonds is 5. The molecule has 110 valence electrons. The highest BCUT2D eigenvalue weighted by Crippen LogP contribution is 2.30. The summed E-state index contributed by atoms with van der Waals surface area (Å²) in [6.45, 7) is 2.89. The number of aryl methyl sites for hydroxylation is 2. The van der Waals surface area contributed by atoms with E-state index in [9.17, 15) is 0 Å². The summed E-state index contributed by atoms with van der Waals surface area (Å²) in [5, 5.41) is 9.03. The number of nitrogens with one attached hydrogen (secondary N) is 1. The van der Waals surface area contributed by atoms with E-state index in [4.69, 9.17) is 11.6 Å². The number of hydrogen-bond acceptors (Lipinski definition) is 5. The molecule has 0 aromatic carbocycles. The smallest absolute Gasteiger partial charge is 0.225 e. The van der Waals surface area contributed by atoms with Gasteiger partial charge in [-0.25, -0.2) is 9.97 Å². The van der Waals surface area contributed by atoms with Crippen LogP contribution in [-0.4, -0.2) is 26.3 Å². The van der Waals surface area contributed by atoms with Crippen LogP contribution in [0.1, 0.15) is 17.5 Å². The van der Waals surface area contributed by atoms with Crippen LogP contribution in [0.3, 0.4) is 0 Å². The Hall–Kier alpha value is -1.66. The van der Waals surface area contributed by atoms with Gasteiger partial charge in [-0.3, -0.25) is 4.68 Å². The maximum absolute atomic E-state index is 6.00. The number of nitrogens with zero attached hydrogens (tertiary/aromatic N) is 4. The first-order valence-electron chi connectivity index (χ1n) is 6.84. The van der Waals surface area contributed by atoms with Gasteiger partial charge in [0.1, 0.15) is 10.6 Å². The van der Waals surface area contributed by atoms with Crippen molar-refractivity contribution in [2.75, 3.05) is 11.9 Å². The fourth-order valence-electron chi connectivity index (χ4n) is 2.16. The highest BCUT2D eigenvalue weighted by atomic mass is 35.5. The Morgan fingerprint density at radius 1 is 1.38 bits per heavy atom. The van der Waals surface area contributed by atoms with Crippen molar-refractivity contribution < 1.29 is 0 Å². The summed E-state index contributed by atoms with van der Waals surface area (Å²) in [5.41, 5.74) is 1.06. The second-order valence-electron chi connectivity index (χ2n) is 4.78. The van der Waals surface area contributed by atoms with Crippen LogP contribution >= 0.6 is 22.9 Å². The lowest BCUT2D eigenvalue weighted by atomic mass is 10.3. The van der Waals surface area contributed by atoms with Gasteiger partial charge < -0.3 is 5.32 Å². The van der Waals surface area contributed by atoms with Crippen molar-refractivity contribution in [1.82, 2.24) is 19.7 Å². The van der Waals surface area contributed by atoms with Gasteiger partial charge in [0.25, 0.3) is 0 Å². The Morgan fingerprint density at radius 2 is 2.24 bits per heavy atom. The topological polar surface area (TPSA) is 55.6 Å². The zero-order valence-electron chi connectivity index (χ0n) is 11.9. The van der Waals surface area contributed by atoms with E-state index in [1.54, 1.807) is 11.3 Å². The van der Waals surface area contributed by atoms with Gasteiger partial charge in [0.15, 0.2) is 0 Å². The van der Waals surface area contributed by atoms with Crippen LogP contribution in [-0.2, 0) is 19.9 Å². The van der Waals surface area contributed by atoms with Crippen molar-refractivity contribution in [1.29, 1.82) is 0 Å². The highest BCUT2D eigenvalue weighted by molar-refractivity contribution is 7.18. The van der Waals surface area contributed by atoms with Gasteiger partial charge in [-0.1, -0.05) is 6.92 Å². The standard InChI is InChI=1S/C14H16ClN5S/c1-3-10-8-11-12(17-14(15)18-13(11)21-10)16-6-4-9-5-7-20(2)19-9/h5,7-8H,3-4,6H2,1-2H3,(H,16,17,18). The molecular weight excluding hydrogens is 306 g/mol. The fourth-order valence-corrected chi connectivity index (χ4v) is 3.35. The normalized spacial score (nSPS) is 11.2. The van der Waals surface area contributed by atoms with Gasteiger partial charge in [-0.15, -0.1) is 11.3 Å². The van der Waals surface area contributed by atoms with Crippen LogP contribution in [0.25, 0.3) is 10.2 Å². The lowest BCUT2D eigenvalue weighted by Gasteiger charge is -2.05. The van der Waals surface area contributed by atoms with Crippen molar-refractivity contribution in [2.24, 2.45) is 7.05 Å². The van der Waals surface area contributed by atoms with Crippen molar-refractivity contribution >= 4 is 39.0 Å². The Kier molecular flexibility index (Phi) is 4.07. The first-order chi connectivity index (χ1) is 10.2. The molecule has 0 saturated carbocycles. The average Bonchev–Trinajstić information content (AvgIpc) is 3.04. The lowest BCUT2D eigenvalue weighted by Crippen LogP contribution is -2.07. The summed E-state index contributed by atoms with van der Waals surface area (Å²) in [6.07, 6.45) is 3.78. The Morgan fingerprint density at radius 3 is 2.95 bits per heavy atom. The zero-order valence-corrected chi connectivity index (χ0v) is 13.5. The second-order valence-corrected chi connectivity index (χ2v) is 6.24. The van der Waals surface area contributed by atoms with E-state index < -0.39 is 0 Å². The molecule has 0 bridgehead atoms. The number of anilines is 1. The van der Waals surface area contributed by atoms with Gasteiger partial charge in [0.2, 0.25) is 5.28 Å². The van der Waals surface area contributed by atoms with Crippen molar-refractivity contribution in [3.8, 4) is 0 Å². The molecule has 0 saturated heterocycles. The molecule has 5 nitrogen and oxygen atoms in total. The number of thiophene rings is 1. The van der Waals surface area contributed by atoms with Crippen molar-refractivity contribution in [3.63, 3.8) is 0 Å².